The summed E-state index contributed by atoms with van der Waals surface area (Å²) in [4.78, 5) is 2.45. The zero-order valence-electron chi connectivity index (χ0n) is 11.3. The van der Waals surface area contributed by atoms with Crippen molar-refractivity contribution in [3.63, 3.8) is 0 Å². The van der Waals surface area contributed by atoms with Crippen LogP contribution in [0.25, 0.3) is 0 Å². The van der Waals surface area contributed by atoms with Crippen molar-refractivity contribution < 1.29 is 4.74 Å². The van der Waals surface area contributed by atoms with E-state index in [0.717, 1.165) is 44.5 Å². The van der Waals surface area contributed by atoms with Crippen molar-refractivity contribution in [2.45, 2.75) is 25.3 Å². The zero-order valence-corrected chi connectivity index (χ0v) is 11.3. The Morgan fingerprint density at radius 3 is 2.72 bits per heavy atom. The summed E-state index contributed by atoms with van der Waals surface area (Å²) < 4.78 is 5.63. The molecule has 0 aromatic heterocycles. The second-order valence-electron chi connectivity index (χ2n) is 4.98. The molecule has 0 saturated heterocycles. The van der Waals surface area contributed by atoms with Crippen LogP contribution in [0.5, 0.6) is 5.75 Å². The van der Waals surface area contributed by atoms with Gasteiger partial charge in [0, 0.05) is 19.1 Å². The highest BCUT2D eigenvalue weighted by Crippen LogP contribution is 2.24. The second-order valence-corrected chi connectivity index (χ2v) is 4.98. The highest BCUT2D eigenvalue weighted by molar-refractivity contribution is 5.20. The SMILES string of the molecule is CN(CCNCCCOc1ccccc1)C1CC1. The van der Waals surface area contributed by atoms with Gasteiger partial charge in [0.1, 0.15) is 5.75 Å². The predicted molar refractivity (Wildman–Crippen MR) is 75.1 cm³/mol. The maximum Gasteiger partial charge on any atom is 0.119 e. The molecule has 1 aromatic rings. The van der Waals surface area contributed by atoms with E-state index in [9.17, 15) is 0 Å². The highest BCUT2D eigenvalue weighted by Gasteiger charge is 2.25. The van der Waals surface area contributed by atoms with Gasteiger partial charge in [-0.1, -0.05) is 18.2 Å². The standard InChI is InChI=1S/C15H24N2O/c1-17(14-8-9-14)12-11-16-10-5-13-18-15-6-3-2-4-7-15/h2-4,6-7,14,16H,5,8-13H2,1H3. The molecular formula is C15H24N2O. The molecule has 1 aromatic carbocycles. The van der Waals surface area contributed by atoms with Gasteiger partial charge in [-0.25, -0.2) is 0 Å². The fraction of sp³-hybridized carbons (Fsp3) is 0.600. The normalized spacial score (nSPS) is 15.0. The van der Waals surface area contributed by atoms with Crippen LogP contribution in [-0.4, -0.2) is 44.2 Å². The molecule has 0 heterocycles. The minimum absolute atomic E-state index is 0.787. The monoisotopic (exact) mass is 248 g/mol. The molecule has 0 atom stereocenters. The maximum atomic E-state index is 5.63. The van der Waals surface area contributed by atoms with Gasteiger partial charge >= 0.3 is 0 Å². The lowest BCUT2D eigenvalue weighted by molar-refractivity contribution is 0.299. The van der Waals surface area contributed by atoms with Crippen LogP contribution in [0.3, 0.4) is 0 Å². The molecule has 3 heteroatoms. The van der Waals surface area contributed by atoms with Gasteiger partial charge in [-0.3, -0.25) is 0 Å². The minimum atomic E-state index is 0.787. The Morgan fingerprint density at radius 2 is 2.00 bits per heavy atom. The third-order valence-corrected chi connectivity index (χ3v) is 3.32. The van der Waals surface area contributed by atoms with Crippen molar-refractivity contribution in [2.75, 3.05) is 33.3 Å². The lowest BCUT2D eigenvalue weighted by Crippen LogP contribution is -2.31. The molecule has 1 aliphatic carbocycles. The Bertz CT molecular complexity index is 325. The summed E-state index contributed by atoms with van der Waals surface area (Å²) in [7, 11) is 2.22. The van der Waals surface area contributed by atoms with Gasteiger partial charge in [0.05, 0.1) is 6.61 Å². The summed E-state index contributed by atoms with van der Waals surface area (Å²) in [5.74, 6) is 0.964. The van der Waals surface area contributed by atoms with E-state index in [1.165, 1.54) is 12.8 Å². The van der Waals surface area contributed by atoms with E-state index in [0.29, 0.717) is 0 Å². The van der Waals surface area contributed by atoms with Crippen LogP contribution >= 0.6 is 0 Å². The molecule has 0 radical (unpaired) electrons. The smallest absolute Gasteiger partial charge is 0.119 e. The molecule has 0 spiro atoms. The fourth-order valence-electron chi connectivity index (χ4n) is 1.98. The lowest BCUT2D eigenvalue weighted by Gasteiger charge is -2.15. The summed E-state index contributed by atoms with van der Waals surface area (Å²) in [6.07, 6.45) is 3.84. The molecule has 100 valence electrons. The third kappa shape index (κ3) is 5.07. The minimum Gasteiger partial charge on any atom is -0.494 e. The molecule has 0 amide bonds. The summed E-state index contributed by atoms with van der Waals surface area (Å²) in [5.41, 5.74) is 0. The first-order valence-electron chi connectivity index (χ1n) is 6.95. The Morgan fingerprint density at radius 1 is 1.22 bits per heavy atom. The van der Waals surface area contributed by atoms with E-state index < -0.39 is 0 Å². The fourth-order valence-corrected chi connectivity index (χ4v) is 1.98. The predicted octanol–water partition coefficient (Wildman–Crippen LogP) is 2.14. The molecule has 1 N–H and O–H groups in total. The highest BCUT2D eigenvalue weighted by atomic mass is 16.5. The number of hydrogen-bond acceptors (Lipinski definition) is 3. The summed E-state index contributed by atoms with van der Waals surface area (Å²) in [6.45, 7) is 4.06. The van der Waals surface area contributed by atoms with Gasteiger partial charge in [-0.15, -0.1) is 0 Å². The number of para-hydroxylation sites is 1. The Labute approximate surface area is 110 Å². The molecule has 1 aliphatic rings. The van der Waals surface area contributed by atoms with Crippen molar-refractivity contribution in [3.05, 3.63) is 30.3 Å². The maximum absolute atomic E-state index is 5.63. The number of likely N-dealkylation sites (N-methyl/N-ethyl adjacent to an activating group) is 1. The van der Waals surface area contributed by atoms with Gasteiger partial charge in [-0.2, -0.15) is 0 Å². The first-order chi connectivity index (χ1) is 8.86. The Kier molecular flexibility index (Phi) is 5.49. The average Bonchev–Trinajstić information content (AvgIpc) is 3.23. The largest absolute Gasteiger partial charge is 0.494 e. The molecule has 0 unspecified atom stereocenters. The van der Waals surface area contributed by atoms with Crippen LogP contribution in [0.4, 0.5) is 0 Å². The van der Waals surface area contributed by atoms with Crippen LogP contribution in [0.2, 0.25) is 0 Å². The van der Waals surface area contributed by atoms with Gasteiger partial charge in [0.2, 0.25) is 0 Å². The molecule has 2 rings (SSSR count). The van der Waals surface area contributed by atoms with E-state index in [4.69, 9.17) is 4.74 Å². The van der Waals surface area contributed by atoms with Crippen LogP contribution in [-0.2, 0) is 0 Å². The van der Waals surface area contributed by atoms with Crippen molar-refractivity contribution in [3.8, 4) is 5.75 Å². The van der Waals surface area contributed by atoms with E-state index in [1.54, 1.807) is 0 Å². The Hall–Kier alpha value is -1.06. The first kappa shape index (κ1) is 13.4. The third-order valence-electron chi connectivity index (χ3n) is 3.32. The molecule has 18 heavy (non-hydrogen) atoms. The molecule has 0 bridgehead atoms. The number of ether oxygens (including phenoxy) is 1. The average molecular weight is 248 g/mol. The number of hydrogen-bond donors (Lipinski definition) is 1. The topological polar surface area (TPSA) is 24.5 Å². The van der Waals surface area contributed by atoms with Gasteiger partial charge in [-0.05, 0) is 45.0 Å². The van der Waals surface area contributed by atoms with Crippen LogP contribution in [0.1, 0.15) is 19.3 Å². The molecule has 1 saturated carbocycles. The lowest BCUT2D eigenvalue weighted by atomic mass is 10.3. The van der Waals surface area contributed by atoms with Crippen molar-refractivity contribution in [1.82, 2.24) is 10.2 Å². The van der Waals surface area contributed by atoms with E-state index in [2.05, 4.69) is 17.3 Å². The van der Waals surface area contributed by atoms with E-state index in [1.807, 2.05) is 30.3 Å². The first-order valence-corrected chi connectivity index (χ1v) is 6.95. The number of rotatable bonds is 9. The summed E-state index contributed by atoms with van der Waals surface area (Å²) in [5, 5.41) is 3.46. The van der Waals surface area contributed by atoms with Crippen molar-refractivity contribution >= 4 is 0 Å². The molecule has 0 aliphatic heterocycles. The molecule has 1 fully saturated rings. The van der Waals surface area contributed by atoms with Crippen LogP contribution < -0.4 is 10.1 Å². The van der Waals surface area contributed by atoms with E-state index in [-0.39, 0.29) is 0 Å². The van der Waals surface area contributed by atoms with Gasteiger partial charge < -0.3 is 15.0 Å². The second kappa shape index (κ2) is 7.39. The number of nitrogens with zero attached hydrogens (tertiary/aromatic N) is 1. The van der Waals surface area contributed by atoms with Crippen molar-refractivity contribution in [1.29, 1.82) is 0 Å². The quantitative estimate of drug-likeness (QED) is 0.678. The zero-order chi connectivity index (χ0) is 12.6. The Balaban J connectivity index is 1.42. The summed E-state index contributed by atoms with van der Waals surface area (Å²) in [6, 6.07) is 10.9. The number of nitrogens with one attached hydrogen (secondary N) is 1. The van der Waals surface area contributed by atoms with Crippen molar-refractivity contribution in [2.24, 2.45) is 0 Å². The van der Waals surface area contributed by atoms with Crippen LogP contribution in [0.15, 0.2) is 30.3 Å². The summed E-state index contributed by atoms with van der Waals surface area (Å²) >= 11 is 0. The number of benzene rings is 1. The molecule has 3 nitrogen and oxygen atoms in total. The van der Waals surface area contributed by atoms with E-state index >= 15 is 0 Å². The van der Waals surface area contributed by atoms with Gasteiger partial charge in [0.25, 0.3) is 0 Å². The van der Waals surface area contributed by atoms with Gasteiger partial charge in [0.15, 0.2) is 0 Å². The molecular weight excluding hydrogens is 224 g/mol. The van der Waals surface area contributed by atoms with Crippen LogP contribution in [0, 0.1) is 0 Å².